The van der Waals surface area contributed by atoms with Crippen LogP contribution in [0.3, 0.4) is 0 Å². The summed E-state index contributed by atoms with van der Waals surface area (Å²) in [6.07, 6.45) is 1.83. The van der Waals surface area contributed by atoms with Crippen molar-refractivity contribution in [2.75, 3.05) is 6.61 Å². The molecule has 0 atom stereocenters. The van der Waals surface area contributed by atoms with Crippen LogP contribution < -0.4 is 0 Å². The summed E-state index contributed by atoms with van der Waals surface area (Å²) in [7, 11) is 0. The lowest BCUT2D eigenvalue weighted by molar-refractivity contribution is -0.146. The van der Waals surface area contributed by atoms with E-state index in [4.69, 9.17) is 4.74 Å². The molecule has 0 aliphatic heterocycles. The number of carbonyl (C=O) groups excluding carboxylic acids is 1. The monoisotopic (exact) mass is 246 g/mol. The number of rotatable bonds is 3. The molecule has 2 nitrogen and oxygen atoms in total. The summed E-state index contributed by atoms with van der Waals surface area (Å²) < 4.78 is 5.18. The molecule has 2 rings (SSSR count). The lowest BCUT2D eigenvalue weighted by atomic mass is 9.85. The Morgan fingerprint density at radius 1 is 1.22 bits per heavy atom. The van der Waals surface area contributed by atoms with E-state index in [0.29, 0.717) is 6.61 Å². The van der Waals surface area contributed by atoms with Crippen molar-refractivity contribution in [3.63, 3.8) is 0 Å². The Kier molecular flexibility index (Phi) is 3.22. The molecule has 0 unspecified atom stereocenters. The zero-order chi connectivity index (χ0) is 13.4. The highest BCUT2D eigenvalue weighted by atomic mass is 16.5. The highest BCUT2D eigenvalue weighted by molar-refractivity contribution is 5.86. The Labute approximate surface area is 109 Å². The van der Waals surface area contributed by atoms with Gasteiger partial charge in [-0.25, -0.2) is 0 Å². The van der Waals surface area contributed by atoms with Gasteiger partial charge in [-0.15, -0.1) is 0 Å². The smallest absolute Gasteiger partial charge is 0.316 e. The average Bonchev–Trinajstić information content (AvgIpc) is 3.09. The lowest BCUT2D eigenvalue weighted by Crippen LogP contribution is -2.23. The molecule has 0 heterocycles. The minimum atomic E-state index is -0.341. The maximum absolute atomic E-state index is 12.0. The van der Waals surface area contributed by atoms with Crippen molar-refractivity contribution >= 4 is 5.97 Å². The van der Waals surface area contributed by atoms with E-state index in [-0.39, 0.29) is 16.8 Å². The van der Waals surface area contributed by atoms with Crippen LogP contribution in [0.25, 0.3) is 0 Å². The van der Waals surface area contributed by atoms with Gasteiger partial charge in [-0.1, -0.05) is 45.0 Å². The summed E-state index contributed by atoms with van der Waals surface area (Å²) in [6.45, 7) is 8.90. The van der Waals surface area contributed by atoms with Gasteiger partial charge in [0.05, 0.1) is 12.0 Å². The second kappa shape index (κ2) is 4.42. The number of hydrogen-bond donors (Lipinski definition) is 0. The van der Waals surface area contributed by atoms with Crippen LogP contribution in [0, 0.1) is 0 Å². The molecule has 1 aliphatic carbocycles. The van der Waals surface area contributed by atoms with Crippen LogP contribution in [-0.4, -0.2) is 12.6 Å². The zero-order valence-electron chi connectivity index (χ0n) is 11.7. The van der Waals surface area contributed by atoms with Gasteiger partial charge >= 0.3 is 5.97 Å². The van der Waals surface area contributed by atoms with E-state index >= 15 is 0 Å². The van der Waals surface area contributed by atoms with E-state index < -0.39 is 0 Å². The number of esters is 1. The number of carbonyl (C=O) groups is 1. The van der Waals surface area contributed by atoms with Gasteiger partial charge in [-0.2, -0.15) is 0 Å². The Morgan fingerprint density at radius 2 is 1.78 bits per heavy atom. The number of ether oxygens (including phenoxy) is 1. The van der Waals surface area contributed by atoms with E-state index in [1.807, 2.05) is 6.92 Å². The summed E-state index contributed by atoms with van der Waals surface area (Å²) in [4.78, 5) is 12.0. The summed E-state index contributed by atoms with van der Waals surface area (Å²) in [6, 6.07) is 8.44. The SMILES string of the molecule is CCOC(=O)C1(c2ccc(C(C)(C)C)cc2)CC1. The van der Waals surface area contributed by atoms with Crippen molar-refractivity contribution in [1.82, 2.24) is 0 Å². The quantitative estimate of drug-likeness (QED) is 0.762. The van der Waals surface area contributed by atoms with Gasteiger partial charge in [-0.3, -0.25) is 4.79 Å². The van der Waals surface area contributed by atoms with Crippen molar-refractivity contribution < 1.29 is 9.53 Å². The molecular weight excluding hydrogens is 224 g/mol. The van der Waals surface area contributed by atoms with Gasteiger partial charge in [-0.05, 0) is 36.3 Å². The number of hydrogen-bond acceptors (Lipinski definition) is 2. The van der Waals surface area contributed by atoms with E-state index in [1.54, 1.807) is 0 Å². The van der Waals surface area contributed by atoms with Crippen LogP contribution >= 0.6 is 0 Å². The fourth-order valence-electron chi connectivity index (χ4n) is 2.29. The summed E-state index contributed by atoms with van der Waals surface area (Å²) in [5.41, 5.74) is 2.21. The molecule has 1 aromatic rings. The molecule has 0 spiro atoms. The van der Waals surface area contributed by atoms with Crippen LogP contribution in [-0.2, 0) is 20.4 Å². The summed E-state index contributed by atoms with van der Waals surface area (Å²) >= 11 is 0. The van der Waals surface area contributed by atoms with Crippen molar-refractivity contribution in [2.24, 2.45) is 0 Å². The van der Waals surface area contributed by atoms with E-state index in [2.05, 4.69) is 45.0 Å². The highest BCUT2D eigenvalue weighted by Crippen LogP contribution is 2.49. The van der Waals surface area contributed by atoms with Crippen molar-refractivity contribution in [2.45, 2.75) is 51.4 Å². The predicted octanol–water partition coefficient (Wildman–Crippen LogP) is 3.58. The molecule has 1 saturated carbocycles. The normalized spacial score (nSPS) is 17.3. The number of benzene rings is 1. The maximum atomic E-state index is 12.0. The lowest BCUT2D eigenvalue weighted by Gasteiger charge is -2.20. The van der Waals surface area contributed by atoms with Gasteiger partial charge < -0.3 is 4.74 Å². The van der Waals surface area contributed by atoms with Crippen molar-refractivity contribution in [3.8, 4) is 0 Å². The molecule has 0 saturated heterocycles. The molecule has 18 heavy (non-hydrogen) atoms. The molecule has 0 N–H and O–H groups in total. The molecule has 1 aliphatic rings. The third kappa shape index (κ3) is 2.29. The minimum Gasteiger partial charge on any atom is -0.465 e. The summed E-state index contributed by atoms with van der Waals surface area (Å²) in [5, 5.41) is 0. The first-order valence-electron chi connectivity index (χ1n) is 6.68. The van der Waals surface area contributed by atoms with Crippen LogP contribution in [0.2, 0.25) is 0 Å². The minimum absolute atomic E-state index is 0.0616. The Balaban J connectivity index is 2.23. The molecule has 0 aromatic heterocycles. The molecule has 0 bridgehead atoms. The van der Waals surface area contributed by atoms with Gasteiger partial charge in [0.2, 0.25) is 0 Å². The third-order valence-corrected chi connectivity index (χ3v) is 3.72. The Bertz CT molecular complexity index is 433. The van der Waals surface area contributed by atoms with Crippen LogP contribution in [0.1, 0.15) is 51.7 Å². The topological polar surface area (TPSA) is 26.3 Å². The fourth-order valence-corrected chi connectivity index (χ4v) is 2.29. The fraction of sp³-hybridized carbons (Fsp3) is 0.562. The average molecular weight is 246 g/mol. The van der Waals surface area contributed by atoms with E-state index in [0.717, 1.165) is 18.4 Å². The summed E-state index contributed by atoms with van der Waals surface area (Å²) in [5.74, 6) is -0.0616. The molecule has 0 radical (unpaired) electrons. The molecule has 2 heteroatoms. The Hall–Kier alpha value is -1.31. The molecule has 1 aromatic carbocycles. The van der Waals surface area contributed by atoms with Crippen LogP contribution in [0.4, 0.5) is 0 Å². The maximum Gasteiger partial charge on any atom is 0.316 e. The Morgan fingerprint density at radius 3 is 2.17 bits per heavy atom. The highest BCUT2D eigenvalue weighted by Gasteiger charge is 2.52. The van der Waals surface area contributed by atoms with Gasteiger partial charge in [0.1, 0.15) is 0 Å². The van der Waals surface area contributed by atoms with Gasteiger partial charge in [0, 0.05) is 0 Å². The predicted molar refractivity (Wildman–Crippen MR) is 72.7 cm³/mol. The van der Waals surface area contributed by atoms with Gasteiger partial charge in [0.15, 0.2) is 0 Å². The van der Waals surface area contributed by atoms with Crippen LogP contribution in [0.15, 0.2) is 24.3 Å². The molecular formula is C16H22O2. The second-order valence-electron chi connectivity index (χ2n) is 6.13. The first kappa shape index (κ1) is 13.1. The largest absolute Gasteiger partial charge is 0.465 e. The zero-order valence-corrected chi connectivity index (χ0v) is 11.7. The molecule has 1 fully saturated rings. The first-order valence-corrected chi connectivity index (χ1v) is 6.68. The van der Waals surface area contributed by atoms with Crippen molar-refractivity contribution in [3.05, 3.63) is 35.4 Å². The van der Waals surface area contributed by atoms with E-state index in [1.165, 1.54) is 5.56 Å². The van der Waals surface area contributed by atoms with E-state index in [9.17, 15) is 4.79 Å². The second-order valence-corrected chi connectivity index (χ2v) is 6.13. The van der Waals surface area contributed by atoms with Gasteiger partial charge in [0.25, 0.3) is 0 Å². The first-order chi connectivity index (χ1) is 8.40. The standard InChI is InChI=1S/C16H22O2/c1-5-18-14(17)16(10-11-16)13-8-6-12(7-9-13)15(2,3)4/h6-9H,5,10-11H2,1-4H3. The molecule has 0 amide bonds. The molecule has 98 valence electrons. The van der Waals surface area contributed by atoms with Crippen LogP contribution in [0.5, 0.6) is 0 Å². The third-order valence-electron chi connectivity index (χ3n) is 3.72. The van der Waals surface area contributed by atoms with Crippen molar-refractivity contribution in [1.29, 1.82) is 0 Å².